The van der Waals surface area contributed by atoms with Gasteiger partial charge in [0.25, 0.3) is 0 Å². The number of rotatable bonds is 4. The van der Waals surface area contributed by atoms with Crippen molar-refractivity contribution in [2.75, 3.05) is 13.1 Å². The summed E-state index contributed by atoms with van der Waals surface area (Å²) in [5.74, 6) is -0.826. The zero-order valence-electron chi connectivity index (χ0n) is 9.27. The molecule has 1 aliphatic heterocycles. The first-order valence-corrected chi connectivity index (χ1v) is 5.31. The van der Waals surface area contributed by atoms with Gasteiger partial charge in [0.15, 0.2) is 0 Å². The average Bonchev–Trinajstić information content (AvgIpc) is 2.15. The van der Waals surface area contributed by atoms with E-state index in [-0.39, 0.29) is 24.9 Å². The molecule has 0 aromatic heterocycles. The van der Waals surface area contributed by atoms with Gasteiger partial charge in [-0.15, -0.1) is 0 Å². The lowest BCUT2D eigenvalue weighted by molar-refractivity contribution is -0.161. The summed E-state index contributed by atoms with van der Waals surface area (Å²) in [5.41, 5.74) is 0. The highest BCUT2D eigenvalue weighted by Crippen LogP contribution is 2.15. The fraction of sp³-hybridized carbons (Fsp3) is 0.800. The highest BCUT2D eigenvalue weighted by Gasteiger charge is 2.27. The zero-order chi connectivity index (χ0) is 11.4. The molecule has 1 N–H and O–H groups in total. The average molecular weight is 214 g/mol. The maximum atomic E-state index is 11.6. The summed E-state index contributed by atoms with van der Waals surface area (Å²) in [5, 5.41) is 12.1. The summed E-state index contributed by atoms with van der Waals surface area (Å²) in [6.45, 7) is 5.13. The predicted molar refractivity (Wildman–Crippen MR) is 55.0 cm³/mol. The van der Waals surface area contributed by atoms with Crippen molar-refractivity contribution < 1.29 is 14.7 Å². The van der Waals surface area contributed by atoms with Crippen molar-refractivity contribution in [3.05, 3.63) is 0 Å². The Kier molecular flexibility index (Phi) is 4.08. The Hall–Kier alpha value is -1.10. The fourth-order valence-electron chi connectivity index (χ4n) is 1.78. The number of carboxylic acids is 1. The van der Waals surface area contributed by atoms with E-state index in [2.05, 4.69) is 0 Å². The highest BCUT2D eigenvalue weighted by molar-refractivity contribution is 5.77. The molecule has 1 amide bonds. The van der Waals surface area contributed by atoms with E-state index in [4.69, 9.17) is 5.11 Å². The monoisotopic (exact) mass is 214 g/mol. The molecule has 0 aromatic carbocycles. The maximum absolute atomic E-state index is 11.6. The molecule has 1 rings (SSSR count). The van der Waals surface area contributed by atoms with Gasteiger partial charge in [-0.05, 0) is 20.3 Å². The van der Waals surface area contributed by atoms with Gasteiger partial charge in [0, 0.05) is 25.6 Å². The summed E-state index contributed by atoms with van der Waals surface area (Å²) < 4.78 is 0. The van der Waals surface area contributed by atoms with Crippen LogP contribution in [0.3, 0.4) is 0 Å². The van der Waals surface area contributed by atoms with Crippen molar-refractivity contribution in [1.29, 1.82) is 0 Å². The lowest BCUT2D eigenvalue weighted by Gasteiger charge is -2.40. The van der Waals surface area contributed by atoms with Crippen molar-refractivity contribution in [2.45, 2.75) is 39.2 Å². The summed E-state index contributed by atoms with van der Waals surface area (Å²) >= 11 is 0. The number of amides is 1. The number of carbonyl (C=O) groups is 2. The smallest absolute Gasteiger partial charge is 0.305 e. The first kappa shape index (κ1) is 12.0. The van der Waals surface area contributed by atoms with E-state index < -0.39 is 5.97 Å². The topological polar surface area (TPSA) is 60.9 Å². The largest absolute Gasteiger partial charge is 0.481 e. The second-order valence-electron chi connectivity index (χ2n) is 4.02. The van der Waals surface area contributed by atoms with Crippen molar-refractivity contribution >= 4 is 11.9 Å². The molecule has 0 spiro atoms. The molecule has 5 nitrogen and oxygen atoms in total. The molecule has 0 radical (unpaired) electrons. The third kappa shape index (κ3) is 3.20. The van der Waals surface area contributed by atoms with Gasteiger partial charge in [-0.1, -0.05) is 0 Å². The minimum atomic E-state index is -0.864. The Morgan fingerprint density at radius 3 is 2.73 bits per heavy atom. The predicted octanol–water partition coefficient (Wildman–Crippen LogP) is 0.709. The van der Waals surface area contributed by atoms with Gasteiger partial charge in [0.05, 0.1) is 6.42 Å². The van der Waals surface area contributed by atoms with Gasteiger partial charge in [-0.25, -0.2) is 5.01 Å². The van der Waals surface area contributed by atoms with E-state index in [1.807, 2.05) is 18.9 Å². The maximum Gasteiger partial charge on any atom is 0.305 e. The number of nitrogens with zero attached hydrogens (tertiary/aromatic N) is 2. The number of aliphatic carboxylic acids is 1. The molecule has 0 aromatic rings. The molecule has 5 heteroatoms. The molecular weight excluding hydrogens is 196 g/mol. The minimum absolute atomic E-state index is 0.00889. The van der Waals surface area contributed by atoms with Gasteiger partial charge in [0.1, 0.15) is 0 Å². The number of hydrogen-bond acceptors (Lipinski definition) is 3. The second kappa shape index (κ2) is 5.11. The van der Waals surface area contributed by atoms with E-state index in [1.165, 1.54) is 0 Å². The van der Waals surface area contributed by atoms with Crippen LogP contribution in [0, 0.1) is 0 Å². The fourth-order valence-corrected chi connectivity index (χ4v) is 1.78. The van der Waals surface area contributed by atoms with Crippen molar-refractivity contribution in [1.82, 2.24) is 10.0 Å². The molecule has 15 heavy (non-hydrogen) atoms. The molecule has 1 heterocycles. The zero-order valence-corrected chi connectivity index (χ0v) is 9.27. The van der Waals surface area contributed by atoms with Crippen molar-refractivity contribution in [2.24, 2.45) is 0 Å². The SMILES string of the molecule is CC(C)N1CCCC(=O)N1CCC(=O)O. The van der Waals surface area contributed by atoms with Crippen LogP contribution in [0.2, 0.25) is 0 Å². The van der Waals surface area contributed by atoms with E-state index >= 15 is 0 Å². The Labute approximate surface area is 89.6 Å². The molecule has 0 aliphatic carbocycles. The Balaban J connectivity index is 2.60. The minimum Gasteiger partial charge on any atom is -0.481 e. The number of carboxylic acid groups (broad SMARTS) is 1. The lowest BCUT2D eigenvalue weighted by Crippen LogP contribution is -2.53. The van der Waals surface area contributed by atoms with Crippen LogP contribution in [0.5, 0.6) is 0 Å². The lowest BCUT2D eigenvalue weighted by atomic mass is 10.2. The van der Waals surface area contributed by atoms with Gasteiger partial charge in [-0.2, -0.15) is 0 Å². The Bertz CT molecular complexity index is 253. The molecule has 1 fully saturated rings. The van der Waals surface area contributed by atoms with Crippen LogP contribution in [0.25, 0.3) is 0 Å². The van der Waals surface area contributed by atoms with Crippen LogP contribution in [-0.4, -0.2) is 46.1 Å². The molecule has 1 saturated heterocycles. The van der Waals surface area contributed by atoms with Gasteiger partial charge in [0.2, 0.25) is 5.91 Å². The van der Waals surface area contributed by atoms with Gasteiger partial charge < -0.3 is 5.11 Å². The molecule has 0 saturated carbocycles. The molecule has 0 atom stereocenters. The van der Waals surface area contributed by atoms with Gasteiger partial charge in [-0.3, -0.25) is 14.6 Å². The third-order valence-electron chi connectivity index (χ3n) is 2.51. The number of hydrogen-bond donors (Lipinski definition) is 1. The molecular formula is C10H18N2O3. The van der Waals surface area contributed by atoms with E-state index in [0.717, 1.165) is 13.0 Å². The Morgan fingerprint density at radius 2 is 2.20 bits per heavy atom. The summed E-state index contributed by atoms with van der Waals surface area (Å²) in [6.07, 6.45) is 1.40. The van der Waals surface area contributed by atoms with Gasteiger partial charge >= 0.3 is 5.97 Å². The van der Waals surface area contributed by atoms with Crippen molar-refractivity contribution in [3.63, 3.8) is 0 Å². The first-order chi connectivity index (χ1) is 7.02. The normalized spacial score (nSPS) is 18.6. The molecule has 0 bridgehead atoms. The molecule has 1 aliphatic rings. The standard InChI is InChI=1S/C10H18N2O3/c1-8(2)11-6-3-4-9(13)12(11)7-5-10(14)15/h8H,3-7H2,1-2H3,(H,14,15). The molecule has 86 valence electrons. The number of hydrazine groups is 1. The highest BCUT2D eigenvalue weighted by atomic mass is 16.4. The quantitative estimate of drug-likeness (QED) is 0.748. The van der Waals surface area contributed by atoms with E-state index in [0.29, 0.717) is 6.42 Å². The summed E-state index contributed by atoms with van der Waals surface area (Å²) in [7, 11) is 0. The Morgan fingerprint density at radius 1 is 1.53 bits per heavy atom. The number of carbonyl (C=O) groups excluding carboxylic acids is 1. The third-order valence-corrected chi connectivity index (χ3v) is 2.51. The van der Waals surface area contributed by atoms with E-state index in [9.17, 15) is 9.59 Å². The first-order valence-electron chi connectivity index (χ1n) is 5.31. The van der Waals surface area contributed by atoms with Crippen LogP contribution in [0.15, 0.2) is 0 Å². The summed E-state index contributed by atoms with van der Waals surface area (Å²) in [6, 6.07) is 0.239. The van der Waals surface area contributed by atoms with Crippen molar-refractivity contribution in [3.8, 4) is 0 Å². The van der Waals surface area contributed by atoms with Crippen LogP contribution >= 0.6 is 0 Å². The van der Waals surface area contributed by atoms with Crippen LogP contribution < -0.4 is 0 Å². The second-order valence-corrected chi connectivity index (χ2v) is 4.02. The molecule has 0 unspecified atom stereocenters. The van der Waals surface area contributed by atoms with Crippen LogP contribution in [0.4, 0.5) is 0 Å². The van der Waals surface area contributed by atoms with Crippen LogP contribution in [0.1, 0.15) is 33.1 Å². The van der Waals surface area contributed by atoms with Crippen LogP contribution in [-0.2, 0) is 9.59 Å². The van der Waals surface area contributed by atoms with E-state index in [1.54, 1.807) is 5.01 Å². The summed E-state index contributed by atoms with van der Waals surface area (Å²) in [4.78, 5) is 22.1.